The monoisotopic (exact) mass is 1220 g/mol. The van der Waals surface area contributed by atoms with Gasteiger partial charge in [-0.15, -0.1) is 0 Å². The number of phenols is 2. The van der Waals surface area contributed by atoms with Crippen molar-refractivity contribution in [1.29, 1.82) is 0 Å². The van der Waals surface area contributed by atoms with Gasteiger partial charge in [0.15, 0.2) is 11.5 Å². The van der Waals surface area contributed by atoms with E-state index in [1.807, 2.05) is 43.7 Å². The number of anilines is 1. The highest BCUT2D eigenvalue weighted by Crippen LogP contribution is 2.48. The molecule has 0 radical (unpaired) electrons. The van der Waals surface area contributed by atoms with E-state index in [2.05, 4.69) is 66.7 Å². The summed E-state index contributed by atoms with van der Waals surface area (Å²) in [7, 11) is -2.38. The molecule has 2 aliphatic heterocycles. The highest BCUT2D eigenvalue weighted by molar-refractivity contribution is 7.85. The van der Waals surface area contributed by atoms with Gasteiger partial charge in [-0.25, -0.2) is 4.79 Å². The number of ether oxygens (including phenoxy) is 1. The van der Waals surface area contributed by atoms with Gasteiger partial charge in [0, 0.05) is 84.1 Å². The number of nitrogens with zero attached hydrogens (tertiary/aromatic N) is 2. The smallest absolute Gasteiger partial charge is 0.328 e. The number of amides is 2. The number of carbonyl (C=O) groups excluding carboxylic acids is 4. The summed E-state index contributed by atoms with van der Waals surface area (Å²) >= 11 is 12.8. The third-order valence-electron chi connectivity index (χ3n) is 15.7. The maximum atomic E-state index is 13.2. The van der Waals surface area contributed by atoms with Crippen molar-refractivity contribution in [2.24, 2.45) is 0 Å². The predicted octanol–water partition coefficient (Wildman–Crippen LogP) is 12.7. The Morgan fingerprint density at radius 1 is 0.729 bits per heavy atom. The number of benzene rings is 5. The van der Waals surface area contributed by atoms with Crippen LogP contribution in [0.4, 0.5) is 11.4 Å². The first-order chi connectivity index (χ1) is 40.3. The molecule has 19 heteroatoms. The van der Waals surface area contributed by atoms with Gasteiger partial charge in [-0.3, -0.25) is 23.7 Å². The Balaban J connectivity index is 0.793. The van der Waals surface area contributed by atoms with Crippen LogP contribution in [0, 0.1) is 6.92 Å². The van der Waals surface area contributed by atoms with E-state index in [0.29, 0.717) is 32.3 Å². The van der Waals surface area contributed by atoms with E-state index < -0.39 is 45.9 Å². The average Bonchev–Trinajstić information content (AvgIpc) is 1.86. The molecule has 0 saturated carbocycles. The standard InChI is InChI=1S/C66H74Cl2N4O12S/c1-42-25-28-57-51(33-42)66(4,5)60(24-15-10-14-23-59-65(2,3)52-40-50(85(81,82)83)27-29-56(52)71(59)6)72(57)31-16-11-13-21-46(73)20-12-8-7-9-17-32-84-49-36-45(35-48(75)39-49)62(77)69-41-55(64(79)80)70-63(78)61-53(67)37-44(38-54(61)68)58(76)30-26-43-19-18-22-47(74)34-43/h10,14-15,18-19,22-25,27-29,33-40,55H,7-9,11-13,16-17,20-21,26,30-32,41H2,1-6H3,(H5-,69,70,74,75,77,78,79,80,81,82,83)/p+1/t55-/m0/s1. The number of fused-ring (bicyclic) bond motifs is 2. The Morgan fingerprint density at radius 2 is 1.42 bits per heavy atom. The number of halogens is 2. The second-order valence-corrected chi connectivity index (χ2v) is 25.0. The third-order valence-corrected chi connectivity index (χ3v) is 17.1. The van der Waals surface area contributed by atoms with Crippen molar-refractivity contribution in [1.82, 2.24) is 10.6 Å². The summed E-state index contributed by atoms with van der Waals surface area (Å²) in [6, 6.07) is 22.7. The number of aromatic hydroxyl groups is 2. The van der Waals surface area contributed by atoms with Crippen molar-refractivity contribution in [3.8, 4) is 17.2 Å². The predicted molar refractivity (Wildman–Crippen MR) is 331 cm³/mol. The minimum atomic E-state index is -4.33. The fraction of sp³-hybridized carbons (Fsp3) is 0.364. The lowest BCUT2D eigenvalue weighted by atomic mass is 9.81. The number of aryl methyl sites for hydroxylation is 2. The molecule has 0 aromatic heterocycles. The molecule has 0 spiro atoms. The largest absolute Gasteiger partial charge is 0.508 e. The van der Waals surface area contributed by atoms with Gasteiger partial charge in [0.25, 0.3) is 21.9 Å². The summed E-state index contributed by atoms with van der Waals surface area (Å²) in [6.07, 6.45) is 18.5. The van der Waals surface area contributed by atoms with Crippen LogP contribution in [-0.4, -0.2) is 101 Å². The fourth-order valence-electron chi connectivity index (χ4n) is 11.0. The van der Waals surface area contributed by atoms with Gasteiger partial charge >= 0.3 is 5.97 Å². The third kappa shape index (κ3) is 16.7. The van der Waals surface area contributed by atoms with E-state index in [0.717, 1.165) is 74.0 Å². The molecule has 2 amide bonds. The first kappa shape index (κ1) is 65.0. The summed E-state index contributed by atoms with van der Waals surface area (Å²) in [4.78, 5) is 66.7. The Labute approximate surface area is 507 Å². The maximum Gasteiger partial charge on any atom is 0.328 e. The van der Waals surface area contributed by atoms with Crippen molar-refractivity contribution >= 4 is 79.8 Å². The van der Waals surface area contributed by atoms with Gasteiger partial charge in [-0.1, -0.05) is 111 Å². The summed E-state index contributed by atoms with van der Waals surface area (Å²) in [6.45, 7) is 11.3. The number of carboxylic acid groups (broad SMARTS) is 1. The molecule has 450 valence electrons. The Kier molecular flexibility index (Phi) is 21.8. The van der Waals surface area contributed by atoms with Crippen LogP contribution in [0.15, 0.2) is 132 Å². The number of ketones is 2. The maximum absolute atomic E-state index is 13.2. The minimum absolute atomic E-state index is 0.00546. The number of Topliss-reactive ketones (excluding diaryl/α,β-unsaturated/α-hetero) is 2. The SMILES string of the molecule is Cc1ccc2c(c1)C(C)(C)C(=CC=CC=CC1=[N+](C)c3ccc(S(=O)(=O)O)cc3C1(C)C)N2CCCCCC(=O)CCCCCCCOc1cc(O)cc(C(=O)NC[C@H](NC(=O)c2c(Cl)cc(C(=O)CCc3cccc(O)c3)cc2Cl)C(=O)O)c1. The lowest BCUT2D eigenvalue weighted by Crippen LogP contribution is -2.48. The number of allylic oxidation sites excluding steroid dienone is 6. The summed E-state index contributed by atoms with van der Waals surface area (Å²) in [5.41, 5.74) is 7.46. The molecule has 0 unspecified atom stereocenters. The Bertz CT molecular complexity index is 3580. The van der Waals surface area contributed by atoms with Crippen molar-refractivity contribution in [3.63, 3.8) is 0 Å². The highest BCUT2D eigenvalue weighted by atomic mass is 35.5. The number of phenolic OH excluding ortho intramolecular Hbond substituents is 2. The lowest BCUT2D eigenvalue weighted by Gasteiger charge is -2.27. The van der Waals surface area contributed by atoms with Crippen molar-refractivity contribution in [2.45, 2.75) is 133 Å². The lowest BCUT2D eigenvalue weighted by molar-refractivity contribution is -0.401. The number of nitrogens with one attached hydrogen (secondary N) is 2. The fourth-order valence-corrected chi connectivity index (χ4v) is 12.2. The first-order valence-electron chi connectivity index (χ1n) is 28.5. The van der Waals surface area contributed by atoms with Crippen molar-refractivity contribution < 1.29 is 61.6 Å². The molecule has 85 heavy (non-hydrogen) atoms. The molecular formula is C66H75Cl2N4O12S+. The topological polar surface area (TPSA) is 240 Å². The summed E-state index contributed by atoms with van der Waals surface area (Å²) in [5, 5.41) is 34.4. The first-order valence-corrected chi connectivity index (χ1v) is 30.7. The number of carbonyl (C=O) groups is 5. The summed E-state index contributed by atoms with van der Waals surface area (Å²) < 4.78 is 41.4. The molecule has 6 N–H and O–H groups in total. The zero-order valence-electron chi connectivity index (χ0n) is 48.8. The van der Waals surface area contributed by atoms with Crippen LogP contribution in [0.25, 0.3) is 0 Å². The van der Waals surface area contributed by atoms with E-state index in [1.165, 1.54) is 65.0 Å². The molecule has 0 bridgehead atoms. The van der Waals surface area contributed by atoms with E-state index in [-0.39, 0.29) is 72.3 Å². The molecule has 0 aliphatic carbocycles. The van der Waals surface area contributed by atoms with Crippen molar-refractivity contribution in [2.75, 3.05) is 31.6 Å². The van der Waals surface area contributed by atoms with Gasteiger partial charge in [0.1, 0.15) is 36.1 Å². The van der Waals surface area contributed by atoms with Crippen LogP contribution in [0.3, 0.4) is 0 Å². The van der Waals surface area contributed by atoms with Crippen LogP contribution in [0.1, 0.15) is 152 Å². The second-order valence-electron chi connectivity index (χ2n) is 22.7. The average molecular weight is 1220 g/mol. The molecule has 5 aromatic rings. The zero-order valence-corrected chi connectivity index (χ0v) is 51.2. The number of aliphatic carboxylic acids is 1. The van der Waals surface area contributed by atoms with E-state index in [1.54, 1.807) is 30.3 Å². The number of rotatable bonds is 29. The summed E-state index contributed by atoms with van der Waals surface area (Å²) in [5.74, 6) is -3.14. The van der Waals surface area contributed by atoms with E-state index in [9.17, 15) is 52.3 Å². The Hall–Kier alpha value is -7.57. The molecule has 2 heterocycles. The Morgan fingerprint density at radius 3 is 2.12 bits per heavy atom. The van der Waals surface area contributed by atoms with Crippen LogP contribution in [0.2, 0.25) is 10.0 Å². The molecule has 1 atom stereocenters. The van der Waals surface area contributed by atoms with Gasteiger partial charge in [0.05, 0.1) is 32.5 Å². The molecule has 0 fully saturated rings. The number of unbranched alkanes of at least 4 members (excludes halogenated alkanes) is 6. The molecule has 7 rings (SSSR count). The molecule has 0 saturated heterocycles. The molecular weight excluding hydrogens is 1140 g/mol. The number of hydrogen-bond acceptors (Lipinski definition) is 11. The van der Waals surface area contributed by atoms with Gasteiger partial charge < -0.3 is 35.6 Å². The highest BCUT2D eigenvalue weighted by Gasteiger charge is 2.44. The van der Waals surface area contributed by atoms with Crippen molar-refractivity contribution in [3.05, 3.63) is 176 Å². The number of hydrogen-bond donors (Lipinski definition) is 6. The molecule has 5 aromatic carbocycles. The molecule has 2 aliphatic rings. The van der Waals surface area contributed by atoms with Crippen LogP contribution in [-0.2, 0) is 37.0 Å². The van der Waals surface area contributed by atoms with Gasteiger partial charge in [-0.05, 0) is 125 Å². The normalized spacial score (nSPS) is 15.1. The number of carboxylic acids is 1. The van der Waals surface area contributed by atoms with Crippen LogP contribution < -0.4 is 20.3 Å². The minimum Gasteiger partial charge on any atom is -0.508 e. The van der Waals surface area contributed by atoms with E-state index in [4.69, 9.17) is 27.9 Å². The zero-order chi connectivity index (χ0) is 61.8. The quantitative estimate of drug-likeness (QED) is 0.00860. The van der Waals surface area contributed by atoms with Gasteiger partial charge in [0.2, 0.25) is 5.69 Å². The van der Waals surface area contributed by atoms with E-state index >= 15 is 0 Å². The van der Waals surface area contributed by atoms with Crippen LogP contribution in [0.5, 0.6) is 17.2 Å². The molecule has 16 nitrogen and oxygen atoms in total. The second kappa shape index (κ2) is 28.5. The van der Waals surface area contributed by atoms with Crippen LogP contribution >= 0.6 is 23.2 Å². The van der Waals surface area contributed by atoms with Gasteiger partial charge in [-0.2, -0.15) is 13.0 Å².